The number of rotatable bonds is 4. The van der Waals surface area contributed by atoms with E-state index in [1.807, 2.05) is 26.0 Å². The van der Waals surface area contributed by atoms with Gasteiger partial charge in [0.05, 0.1) is 10.6 Å². The minimum Gasteiger partial charge on any atom is -0.383 e. The van der Waals surface area contributed by atoms with Crippen molar-refractivity contribution in [3.05, 3.63) is 45.5 Å². The molecule has 1 aromatic heterocycles. The number of hydrogen-bond donors (Lipinski definition) is 1. The molecule has 0 amide bonds. The van der Waals surface area contributed by atoms with Gasteiger partial charge in [-0.2, -0.15) is 0 Å². The van der Waals surface area contributed by atoms with Crippen LogP contribution in [0.2, 0.25) is 0 Å². The van der Waals surface area contributed by atoms with E-state index in [1.165, 1.54) is 11.5 Å². The zero-order valence-corrected chi connectivity index (χ0v) is 11.8. The van der Waals surface area contributed by atoms with Crippen molar-refractivity contribution in [1.82, 2.24) is 9.59 Å². The Bertz CT molecular complexity index is 536. The van der Waals surface area contributed by atoms with E-state index in [1.54, 1.807) is 0 Å². The topological polar surface area (TPSA) is 46.0 Å². The van der Waals surface area contributed by atoms with Crippen molar-refractivity contribution in [3.63, 3.8) is 0 Å². The summed E-state index contributed by atoms with van der Waals surface area (Å²) in [5, 5.41) is 14.6. The minimum atomic E-state index is -0.605. The van der Waals surface area contributed by atoms with Gasteiger partial charge < -0.3 is 5.11 Å². The Morgan fingerprint density at radius 3 is 2.83 bits per heavy atom. The molecule has 0 aliphatic rings. The van der Waals surface area contributed by atoms with Crippen LogP contribution in [0.1, 0.15) is 46.7 Å². The van der Waals surface area contributed by atoms with Crippen molar-refractivity contribution in [1.29, 1.82) is 0 Å². The van der Waals surface area contributed by atoms with Gasteiger partial charge in [0, 0.05) is 0 Å². The molecule has 0 aliphatic carbocycles. The van der Waals surface area contributed by atoms with Gasteiger partial charge in [0.15, 0.2) is 0 Å². The van der Waals surface area contributed by atoms with Gasteiger partial charge in [0.2, 0.25) is 0 Å². The molecule has 1 atom stereocenters. The van der Waals surface area contributed by atoms with Gasteiger partial charge in [0.1, 0.15) is 6.10 Å². The quantitative estimate of drug-likeness (QED) is 0.920. The molecule has 0 bridgehead atoms. The molecule has 0 aliphatic heterocycles. The maximum atomic E-state index is 10.5. The van der Waals surface area contributed by atoms with Crippen LogP contribution in [0.3, 0.4) is 0 Å². The summed E-state index contributed by atoms with van der Waals surface area (Å²) >= 11 is 1.30. The highest BCUT2D eigenvalue weighted by Crippen LogP contribution is 2.30. The average Bonchev–Trinajstić information content (AvgIpc) is 2.80. The summed E-state index contributed by atoms with van der Waals surface area (Å²) in [6, 6.07) is 6.14. The maximum Gasteiger partial charge on any atom is 0.117 e. The van der Waals surface area contributed by atoms with Crippen molar-refractivity contribution in [2.75, 3.05) is 0 Å². The summed E-state index contributed by atoms with van der Waals surface area (Å²) in [5.41, 5.74) is 4.14. The smallest absolute Gasteiger partial charge is 0.117 e. The molecule has 1 unspecified atom stereocenters. The molecule has 0 radical (unpaired) electrons. The van der Waals surface area contributed by atoms with Crippen molar-refractivity contribution in [2.45, 2.75) is 39.7 Å². The highest BCUT2D eigenvalue weighted by molar-refractivity contribution is 7.05. The highest BCUT2D eigenvalue weighted by atomic mass is 32.1. The molecule has 4 heteroatoms. The van der Waals surface area contributed by atoms with Crippen LogP contribution in [0.5, 0.6) is 0 Å². The van der Waals surface area contributed by atoms with Crippen LogP contribution in [-0.4, -0.2) is 14.7 Å². The molecule has 2 aromatic rings. The first-order valence-corrected chi connectivity index (χ1v) is 6.97. The lowest BCUT2D eigenvalue weighted by atomic mass is 9.98. The number of hydrogen-bond acceptors (Lipinski definition) is 4. The Hall–Kier alpha value is -1.26. The third kappa shape index (κ3) is 2.60. The Balaban J connectivity index is 2.38. The van der Waals surface area contributed by atoms with Gasteiger partial charge in [-0.15, -0.1) is 5.10 Å². The zero-order valence-electron chi connectivity index (χ0n) is 11.0. The van der Waals surface area contributed by atoms with Crippen LogP contribution in [0.25, 0.3) is 0 Å². The summed E-state index contributed by atoms with van der Waals surface area (Å²) in [4.78, 5) is 0.880. The van der Waals surface area contributed by atoms with Gasteiger partial charge in [-0.1, -0.05) is 41.6 Å². The standard InChI is InChI=1S/C14H18N2OS/c1-4-5-12-14(18-16-15-12)13(17)11-8-9(2)6-7-10(11)3/h6-8,13,17H,4-5H2,1-3H3. The SMILES string of the molecule is CCCc1nnsc1C(O)c1cc(C)ccc1C. The lowest BCUT2D eigenvalue weighted by Crippen LogP contribution is -2.03. The summed E-state index contributed by atoms with van der Waals surface area (Å²) in [7, 11) is 0. The molecule has 2 rings (SSSR count). The van der Waals surface area contributed by atoms with Gasteiger partial charge in [-0.3, -0.25) is 0 Å². The van der Waals surface area contributed by atoms with E-state index >= 15 is 0 Å². The average molecular weight is 262 g/mol. The number of aryl methyl sites for hydroxylation is 3. The fraction of sp³-hybridized carbons (Fsp3) is 0.429. The van der Waals surface area contributed by atoms with Gasteiger partial charge >= 0.3 is 0 Å². The zero-order chi connectivity index (χ0) is 13.1. The van der Waals surface area contributed by atoms with E-state index in [0.29, 0.717) is 0 Å². The lowest BCUT2D eigenvalue weighted by molar-refractivity contribution is 0.222. The second-order valence-corrected chi connectivity index (χ2v) is 5.38. The molecule has 96 valence electrons. The van der Waals surface area contributed by atoms with Crippen LogP contribution in [-0.2, 0) is 6.42 Å². The molecule has 0 saturated heterocycles. The van der Waals surface area contributed by atoms with E-state index in [9.17, 15) is 5.11 Å². The third-order valence-corrected chi connectivity index (χ3v) is 3.87. The number of aliphatic hydroxyl groups is 1. The van der Waals surface area contributed by atoms with E-state index in [-0.39, 0.29) is 0 Å². The van der Waals surface area contributed by atoms with Crippen LogP contribution < -0.4 is 0 Å². The number of benzene rings is 1. The summed E-state index contributed by atoms with van der Waals surface area (Å²) in [6.07, 6.45) is 1.28. The summed E-state index contributed by atoms with van der Waals surface area (Å²) < 4.78 is 3.97. The molecule has 1 aromatic carbocycles. The Morgan fingerprint density at radius 2 is 2.11 bits per heavy atom. The van der Waals surface area contributed by atoms with Crippen LogP contribution in [0, 0.1) is 13.8 Å². The molecule has 1 N–H and O–H groups in total. The highest BCUT2D eigenvalue weighted by Gasteiger charge is 2.19. The van der Waals surface area contributed by atoms with Crippen molar-refractivity contribution >= 4 is 11.5 Å². The van der Waals surface area contributed by atoms with Gasteiger partial charge in [-0.05, 0) is 42.9 Å². The monoisotopic (exact) mass is 262 g/mol. The fourth-order valence-corrected chi connectivity index (χ4v) is 2.73. The normalized spacial score (nSPS) is 12.7. The lowest BCUT2D eigenvalue weighted by Gasteiger charge is -2.13. The van der Waals surface area contributed by atoms with Crippen LogP contribution in [0.15, 0.2) is 18.2 Å². The maximum absolute atomic E-state index is 10.5. The Morgan fingerprint density at radius 1 is 1.33 bits per heavy atom. The first kappa shape index (κ1) is 13.2. The van der Waals surface area contributed by atoms with Crippen molar-refractivity contribution in [3.8, 4) is 0 Å². The van der Waals surface area contributed by atoms with Gasteiger partial charge in [-0.25, -0.2) is 0 Å². The molecule has 0 fully saturated rings. The van der Waals surface area contributed by atoms with E-state index < -0.39 is 6.10 Å². The molecule has 0 saturated carbocycles. The van der Waals surface area contributed by atoms with E-state index in [4.69, 9.17) is 0 Å². The molecule has 1 heterocycles. The third-order valence-electron chi connectivity index (χ3n) is 3.05. The predicted octanol–water partition coefficient (Wildman–Crippen LogP) is 3.19. The molecule has 0 spiro atoms. The van der Waals surface area contributed by atoms with E-state index in [0.717, 1.165) is 40.1 Å². The molecule has 18 heavy (non-hydrogen) atoms. The number of aliphatic hydroxyl groups excluding tert-OH is 1. The minimum absolute atomic E-state index is 0.605. The Kier molecular flexibility index (Phi) is 4.09. The number of nitrogens with zero attached hydrogens (tertiary/aromatic N) is 2. The number of aromatic nitrogens is 2. The van der Waals surface area contributed by atoms with Crippen molar-refractivity contribution in [2.24, 2.45) is 0 Å². The summed E-state index contributed by atoms with van der Waals surface area (Å²) in [5.74, 6) is 0. The summed E-state index contributed by atoms with van der Waals surface area (Å²) in [6.45, 7) is 6.16. The van der Waals surface area contributed by atoms with Gasteiger partial charge in [0.25, 0.3) is 0 Å². The first-order valence-electron chi connectivity index (χ1n) is 6.19. The van der Waals surface area contributed by atoms with E-state index in [2.05, 4.69) is 22.6 Å². The fourth-order valence-electron chi connectivity index (χ4n) is 2.03. The molecule has 3 nitrogen and oxygen atoms in total. The largest absolute Gasteiger partial charge is 0.383 e. The van der Waals surface area contributed by atoms with Crippen LogP contribution >= 0.6 is 11.5 Å². The molecular formula is C14H18N2OS. The first-order chi connectivity index (χ1) is 8.63. The second kappa shape index (κ2) is 5.59. The molecular weight excluding hydrogens is 244 g/mol. The Labute approximate surface area is 112 Å². The predicted molar refractivity (Wildman–Crippen MR) is 73.9 cm³/mol. The van der Waals surface area contributed by atoms with Crippen LogP contribution in [0.4, 0.5) is 0 Å². The second-order valence-electron chi connectivity index (χ2n) is 4.60. The van der Waals surface area contributed by atoms with Crippen molar-refractivity contribution < 1.29 is 5.11 Å².